The fraction of sp³-hybridized carbons (Fsp3) is 0.467. The molecule has 1 N–H and O–H groups in total. The maximum absolute atomic E-state index is 11.8. The third-order valence-corrected chi connectivity index (χ3v) is 3.04. The zero-order valence-corrected chi connectivity index (χ0v) is 11.5. The molecule has 0 fully saturated rings. The Morgan fingerprint density at radius 3 is 2.84 bits per heavy atom. The van der Waals surface area contributed by atoms with Crippen molar-refractivity contribution in [3.8, 4) is 6.07 Å². The smallest absolute Gasteiger partial charge is 0.408 e. The second-order valence-electron chi connectivity index (χ2n) is 5.76. The summed E-state index contributed by atoms with van der Waals surface area (Å²) in [6.45, 7) is 5.51. The summed E-state index contributed by atoms with van der Waals surface area (Å²) in [5, 5.41) is 11.8. The van der Waals surface area contributed by atoms with Crippen molar-refractivity contribution in [2.45, 2.75) is 45.3 Å². The number of nitrogens with one attached hydrogen (secondary N) is 1. The molecule has 0 radical (unpaired) electrons. The number of rotatable bonds is 1. The molecule has 100 valence electrons. The lowest BCUT2D eigenvalue weighted by molar-refractivity contribution is 0.0503. The minimum atomic E-state index is -0.500. The van der Waals surface area contributed by atoms with E-state index in [1.54, 1.807) is 0 Å². The van der Waals surface area contributed by atoms with E-state index in [-0.39, 0.29) is 6.04 Å². The van der Waals surface area contributed by atoms with Crippen LogP contribution in [0.5, 0.6) is 0 Å². The standard InChI is InChI=1S/C15H18N2O2/c1-15(2,3)19-14(18)17-13-7-6-11-5-4-10(9-16)8-12(11)13/h4-5,8,13H,6-7H2,1-3H3,(H,17,18). The average molecular weight is 258 g/mol. The highest BCUT2D eigenvalue weighted by Crippen LogP contribution is 2.31. The van der Waals surface area contributed by atoms with Crippen LogP contribution in [0.15, 0.2) is 18.2 Å². The molecule has 1 atom stereocenters. The maximum Gasteiger partial charge on any atom is 0.408 e. The Labute approximate surface area is 113 Å². The number of benzene rings is 1. The number of amides is 1. The molecule has 0 saturated heterocycles. The largest absolute Gasteiger partial charge is 0.444 e. The molecule has 1 amide bonds. The van der Waals surface area contributed by atoms with E-state index in [0.717, 1.165) is 18.4 Å². The second kappa shape index (κ2) is 4.93. The summed E-state index contributed by atoms with van der Waals surface area (Å²) in [4.78, 5) is 11.8. The molecule has 1 unspecified atom stereocenters. The SMILES string of the molecule is CC(C)(C)OC(=O)NC1CCc2ccc(C#N)cc21. The maximum atomic E-state index is 11.8. The fourth-order valence-corrected chi connectivity index (χ4v) is 2.27. The molecule has 1 aliphatic rings. The van der Waals surface area contributed by atoms with Crippen LogP contribution >= 0.6 is 0 Å². The third-order valence-electron chi connectivity index (χ3n) is 3.04. The summed E-state index contributed by atoms with van der Waals surface area (Å²) >= 11 is 0. The first-order valence-corrected chi connectivity index (χ1v) is 6.41. The van der Waals surface area contributed by atoms with Gasteiger partial charge in [-0.3, -0.25) is 0 Å². The summed E-state index contributed by atoms with van der Waals surface area (Å²) < 4.78 is 5.26. The van der Waals surface area contributed by atoms with Crippen LogP contribution < -0.4 is 5.32 Å². The van der Waals surface area contributed by atoms with Crippen molar-refractivity contribution in [3.63, 3.8) is 0 Å². The number of carbonyl (C=O) groups is 1. The first kappa shape index (κ1) is 13.4. The van der Waals surface area contributed by atoms with Crippen molar-refractivity contribution < 1.29 is 9.53 Å². The van der Waals surface area contributed by atoms with E-state index in [4.69, 9.17) is 10.00 Å². The molecule has 2 rings (SSSR count). The van der Waals surface area contributed by atoms with Gasteiger partial charge in [-0.15, -0.1) is 0 Å². The van der Waals surface area contributed by atoms with Crippen molar-refractivity contribution >= 4 is 6.09 Å². The minimum absolute atomic E-state index is 0.0573. The van der Waals surface area contributed by atoms with Crippen molar-refractivity contribution in [2.75, 3.05) is 0 Å². The number of ether oxygens (including phenoxy) is 1. The molecule has 0 bridgehead atoms. The van der Waals surface area contributed by atoms with Crippen molar-refractivity contribution in [1.82, 2.24) is 5.32 Å². The number of aryl methyl sites for hydroxylation is 1. The third kappa shape index (κ3) is 3.25. The van der Waals surface area contributed by atoms with E-state index in [1.807, 2.05) is 39.0 Å². The highest BCUT2D eigenvalue weighted by molar-refractivity contribution is 5.68. The van der Waals surface area contributed by atoms with Crippen LogP contribution in [-0.4, -0.2) is 11.7 Å². The zero-order chi connectivity index (χ0) is 14.0. The van der Waals surface area contributed by atoms with Crippen molar-refractivity contribution in [3.05, 3.63) is 34.9 Å². The van der Waals surface area contributed by atoms with Crippen LogP contribution in [0.3, 0.4) is 0 Å². The highest BCUT2D eigenvalue weighted by atomic mass is 16.6. The monoisotopic (exact) mass is 258 g/mol. The van der Waals surface area contributed by atoms with Gasteiger partial charge in [0.15, 0.2) is 0 Å². The van der Waals surface area contributed by atoms with Gasteiger partial charge in [0, 0.05) is 0 Å². The molecule has 1 aliphatic carbocycles. The highest BCUT2D eigenvalue weighted by Gasteiger charge is 2.26. The van der Waals surface area contributed by atoms with Gasteiger partial charge in [0.05, 0.1) is 17.7 Å². The quantitative estimate of drug-likeness (QED) is 0.842. The van der Waals surface area contributed by atoms with Crippen LogP contribution in [0.25, 0.3) is 0 Å². The summed E-state index contributed by atoms with van der Waals surface area (Å²) in [5.41, 5.74) is 2.35. The summed E-state index contributed by atoms with van der Waals surface area (Å²) in [5.74, 6) is 0. The average Bonchev–Trinajstić information content (AvgIpc) is 2.69. The number of alkyl carbamates (subject to hydrolysis) is 1. The van der Waals surface area contributed by atoms with Crippen LogP contribution in [-0.2, 0) is 11.2 Å². The molecular weight excluding hydrogens is 240 g/mol. The first-order chi connectivity index (χ1) is 8.89. The summed E-state index contributed by atoms with van der Waals surface area (Å²) in [6, 6.07) is 7.70. The van der Waals surface area contributed by atoms with E-state index in [9.17, 15) is 4.79 Å². The van der Waals surface area contributed by atoms with Gasteiger partial charge >= 0.3 is 6.09 Å². The summed E-state index contributed by atoms with van der Waals surface area (Å²) in [7, 11) is 0. The number of hydrogen-bond donors (Lipinski definition) is 1. The predicted octanol–water partition coefficient (Wildman–Crippen LogP) is 3.07. The van der Waals surface area contributed by atoms with Gasteiger partial charge < -0.3 is 10.1 Å². The molecule has 19 heavy (non-hydrogen) atoms. The summed E-state index contributed by atoms with van der Waals surface area (Å²) in [6.07, 6.45) is 1.36. The Balaban J connectivity index is 2.10. The van der Waals surface area contributed by atoms with E-state index < -0.39 is 11.7 Å². The number of hydrogen-bond acceptors (Lipinski definition) is 3. The Bertz CT molecular complexity index is 538. The van der Waals surface area contributed by atoms with Crippen LogP contribution in [0.2, 0.25) is 0 Å². The topological polar surface area (TPSA) is 62.1 Å². The number of fused-ring (bicyclic) bond motifs is 1. The van der Waals surface area contributed by atoms with E-state index >= 15 is 0 Å². The van der Waals surface area contributed by atoms with Gasteiger partial charge in [0.2, 0.25) is 0 Å². The molecule has 0 aromatic heterocycles. The zero-order valence-electron chi connectivity index (χ0n) is 11.5. The van der Waals surface area contributed by atoms with Gasteiger partial charge in [-0.25, -0.2) is 4.79 Å². The second-order valence-corrected chi connectivity index (χ2v) is 5.76. The lowest BCUT2D eigenvalue weighted by Crippen LogP contribution is -2.34. The number of nitriles is 1. The van der Waals surface area contributed by atoms with Crippen LogP contribution in [0, 0.1) is 11.3 Å². The Kier molecular flexibility index (Phi) is 3.48. The fourth-order valence-electron chi connectivity index (χ4n) is 2.27. The lowest BCUT2D eigenvalue weighted by Gasteiger charge is -2.22. The number of carbonyl (C=O) groups excluding carboxylic acids is 1. The molecule has 1 aromatic carbocycles. The van der Waals surface area contributed by atoms with Crippen molar-refractivity contribution in [1.29, 1.82) is 5.26 Å². The van der Waals surface area contributed by atoms with Crippen LogP contribution in [0.1, 0.15) is 49.9 Å². The molecule has 0 spiro atoms. The van der Waals surface area contributed by atoms with Gasteiger partial charge in [0.1, 0.15) is 5.60 Å². The molecule has 0 heterocycles. The minimum Gasteiger partial charge on any atom is -0.444 e. The Morgan fingerprint density at radius 2 is 2.21 bits per heavy atom. The molecular formula is C15H18N2O2. The number of nitrogens with zero attached hydrogens (tertiary/aromatic N) is 1. The van der Waals surface area contributed by atoms with Gasteiger partial charge in [-0.1, -0.05) is 6.07 Å². The van der Waals surface area contributed by atoms with E-state index in [1.165, 1.54) is 5.56 Å². The molecule has 1 aromatic rings. The normalized spacial score (nSPS) is 17.5. The Morgan fingerprint density at radius 1 is 1.47 bits per heavy atom. The van der Waals surface area contributed by atoms with Gasteiger partial charge in [0.25, 0.3) is 0 Å². The van der Waals surface area contributed by atoms with Crippen LogP contribution in [0.4, 0.5) is 4.79 Å². The van der Waals surface area contributed by atoms with E-state index in [2.05, 4.69) is 11.4 Å². The molecule has 4 heteroatoms. The lowest BCUT2D eigenvalue weighted by atomic mass is 10.1. The molecule has 4 nitrogen and oxygen atoms in total. The molecule has 0 aliphatic heterocycles. The molecule has 0 saturated carbocycles. The van der Waals surface area contributed by atoms with Gasteiger partial charge in [-0.2, -0.15) is 5.26 Å². The van der Waals surface area contributed by atoms with Crippen molar-refractivity contribution in [2.24, 2.45) is 0 Å². The first-order valence-electron chi connectivity index (χ1n) is 6.41. The Hall–Kier alpha value is -2.02. The van der Waals surface area contributed by atoms with E-state index in [0.29, 0.717) is 5.56 Å². The predicted molar refractivity (Wildman–Crippen MR) is 71.6 cm³/mol. The van der Waals surface area contributed by atoms with Gasteiger partial charge in [-0.05, 0) is 56.9 Å².